The summed E-state index contributed by atoms with van der Waals surface area (Å²) in [7, 11) is 0.940. The van der Waals surface area contributed by atoms with E-state index >= 15 is 0 Å². The van der Waals surface area contributed by atoms with E-state index in [1.165, 1.54) is 0 Å². The van der Waals surface area contributed by atoms with Gasteiger partial charge in [0.05, 0.1) is 12.9 Å². The number of nitrogens with two attached hydrogens (primary N) is 1. The van der Waals surface area contributed by atoms with Crippen molar-refractivity contribution in [2.24, 2.45) is 0 Å². The molecule has 2 atom stereocenters. The number of H-pyrrole nitrogens is 1. The minimum atomic E-state index is -2.84. The standard InChI is InChI=1S/C10H13F2N5O3/c1-20-10(12,3-18)5(11)2-17-4-14-6-7(17)15-9(13)16-8(6)19/h4-5,18H,2-3H2,1H3,(H3,13,15,16,19). The topological polar surface area (TPSA) is 119 Å². The smallest absolute Gasteiger partial charge is 0.280 e. The number of aliphatic hydroxyl groups is 1. The fourth-order valence-electron chi connectivity index (χ4n) is 1.70. The molecular weight excluding hydrogens is 276 g/mol. The first-order chi connectivity index (χ1) is 9.41. The Balaban J connectivity index is 2.38. The number of fused-ring (bicyclic) bond motifs is 1. The Kier molecular flexibility index (Phi) is 3.68. The Morgan fingerprint density at radius 2 is 2.40 bits per heavy atom. The second-order valence-corrected chi connectivity index (χ2v) is 4.14. The first-order valence-corrected chi connectivity index (χ1v) is 5.61. The van der Waals surface area contributed by atoms with Crippen LogP contribution in [0.5, 0.6) is 0 Å². The maximum Gasteiger partial charge on any atom is 0.280 e. The van der Waals surface area contributed by atoms with Crippen LogP contribution >= 0.6 is 0 Å². The van der Waals surface area contributed by atoms with Crippen LogP contribution in [0.3, 0.4) is 0 Å². The molecule has 2 aromatic rings. The van der Waals surface area contributed by atoms with Crippen LogP contribution in [-0.4, -0.2) is 50.4 Å². The van der Waals surface area contributed by atoms with E-state index in [0.717, 1.165) is 18.0 Å². The summed E-state index contributed by atoms with van der Waals surface area (Å²) in [6.07, 6.45) is -1.05. The number of nitrogens with zero attached hydrogens (tertiary/aromatic N) is 3. The second kappa shape index (κ2) is 5.13. The van der Waals surface area contributed by atoms with Crippen molar-refractivity contribution >= 4 is 17.1 Å². The summed E-state index contributed by atoms with van der Waals surface area (Å²) in [5.41, 5.74) is 4.77. The molecule has 0 spiro atoms. The SMILES string of the molecule is COC(F)(CO)C(F)Cn1cnc2c(=O)[nH]c(N)nc21. The number of rotatable bonds is 5. The van der Waals surface area contributed by atoms with Crippen molar-refractivity contribution in [3.63, 3.8) is 0 Å². The lowest BCUT2D eigenvalue weighted by atomic mass is 10.2. The molecule has 2 rings (SSSR count). The van der Waals surface area contributed by atoms with Gasteiger partial charge in [-0.3, -0.25) is 9.78 Å². The second-order valence-electron chi connectivity index (χ2n) is 4.14. The zero-order valence-corrected chi connectivity index (χ0v) is 10.5. The summed E-state index contributed by atoms with van der Waals surface area (Å²) in [6, 6.07) is 0. The number of aromatic amines is 1. The van der Waals surface area contributed by atoms with E-state index in [0.29, 0.717) is 0 Å². The van der Waals surface area contributed by atoms with Crippen LogP contribution in [0.4, 0.5) is 14.7 Å². The van der Waals surface area contributed by atoms with Crippen molar-refractivity contribution < 1.29 is 18.6 Å². The predicted molar refractivity (Wildman–Crippen MR) is 65.4 cm³/mol. The summed E-state index contributed by atoms with van der Waals surface area (Å²) in [5, 5.41) is 8.83. The van der Waals surface area contributed by atoms with Crippen molar-refractivity contribution in [1.29, 1.82) is 0 Å². The van der Waals surface area contributed by atoms with E-state index in [2.05, 4.69) is 19.7 Å². The molecule has 8 nitrogen and oxygen atoms in total. The fraction of sp³-hybridized carbons (Fsp3) is 0.500. The van der Waals surface area contributed by atoms with Gasteiger partial charge in [-0.25, -0.2) is 13.8 Å². The molecular formula is C10H13F2N5O3. The Morgan fingerprint density at radius 1 is 1.70 bits per heavy atom. The highest BCUT2D eigenvalue weighted by Gasteiger charge is 2.40. The minimum Gasteiger partial charge on any atom is -0.390 e. The van der Waals surface area contributed by atoms with Crippen LogP contribution in [0.1, 0.15) is 0 Å². The lowest BCUT2D eigenvalue weighted by Crippen LogP contribution is -2.43. The Morgan fingerprint density at radius 3 is 3.00 bits per heavy atom. The van der Waals surface area contributed by atoms with Gasteiger partial charge >= 0.3 is 0 Å². The molecule has 0 aliphatic heterocycles. The van der Waals surface area contributed by atoms with E-state index in [1.54, 1.807) is 0 Å². The third-order valence-corrected chi connectivity index (χ3v) is 2.87. The molecule has 2 unspecified atom stereocenters. The number of alkyl halides is 2. The van der Waals surface area contributed by atoms with Crippen LogP contribution in [0, 0.1) is 0 Å². The van der Waals surface area contributed by atoms with Gasteiger partial charge in [-0.2, -0.15) is 4.98 Å². The van der Waals surface area contributed by atoms with Gasteiger partial charge < -0.3 is 20.1 Å². The minimum absolute atomic E-state index is 0.0188. The number of nitrogen functional groups attached to an aromatic ring is 1. The van der Waals surface area contributed by atoms with Crippen LogP contribution in [0.15, 0.2) is 11.1 Å². The first kappa shape index (κ1) is 14.3. The largest absolute Gasteiger partial charge is 0.390 e. The predicted octanol–water partition coefficient (Wildman–Crippen LogP) is -0.656. The Labute approximate surface area is 111 Å². The molecule has 10 heteroatoms. The number of methoxy groups -OCH3 is 1. The van der Waals surface area contributed by atoms with Gasteiger partial charge in [0, 0.05) is 7.11 Å². The molecule has 4 N–H and O–H groups in total. The van der Waals surface area contributed by atoms with Crippen LogP contribution < -0.4 is 11.3 Å². The molecule has 0 amide bonds. The van der Waals surface area contributed by atoms with E-state index < -0.39 is 30.7 Å². The average molecular weight is 289 g/mol. The van der Waals surface area contributed by atoms with E-state index in [-0.39, 0.29) is 17.1 Å². The quantitative estimate of drug-likeness (QED) is 0.672. The van der Waals surface area contributed by atoms with Crippen molar-refractivity contribution in [2.75, 3.05) is 19.5 Å². The lowest BCUT2D eigenvalue weighted by molar-refractivity contribution is -0.194. The molecule has 0 aliphatic carbocycles. The monoisotopic (exact) mass is 289 g/mol. The van der Waals surface area contributed by atoms with Gasteiger partial charge in [0.1, 0.15) is 6.61 Å². The molecule has 2 aromatic heterocycles. The number of aromatic nitrogens is 4. The van der Waals surface area contributed by atoms with Crippen LogP contribution in [0.2, 0.25) is 0 Å². The fourth-order valence-corrected chi connectivity index (χ4v) is 1.70. The molecule has 0 aromatic carbocycles. The van der Waals surface area contributed by atoms with Gasteiger partial charge in [0.15, 0.2) is 17.3 Å². The maximum absolute atomic E-state index is 13.9. The highest BCUT2D eigenvalue weighted by Crippen LogP contribution is 2.22. The van der Waals surface area contributed by atoms with Crippen molar-refractivity contribution in [2.45, 2.75) is 18.6 Å². The Bertz CT molecular complexity index is 666. The molecule has 110 valence electrons. The van der Waals surface area contributed by atoms with Crippen LogP contribution in [0.25, 0.3) is 11.2 Å². The summed E-state index contributed by atoms with van der Waals surface area (Å²) in [4.78, 5) is 21.3. The number of aliphatic hydroxyl groups excluding tert-OH is 1. The number of hydrogen-bond acceptors (Lipinski definition) is 6. The number of hydrogen-bond donors (Lipinski definition) is 3. The number of nitrogens with one attached hydrogen (secondary N) is 1. The number of imidazole rings is 1. The molecule has 0 saturated heterocycles. The number of ether oxygens (including phenoxy) is 1. The molecule has 0 fully saturated rings. The normalized spacial score (nSPS) is 16.2. The summed E-state index contributed by atoms with van der Waals surface area (Å²) in [6.45, 7) is -1.69. The van der Waals surface area contributed by atoms with Gasteiger partial charge in [-0.15, -0.1) is 0 Å². The zero-order valence-electron chi connectivity index (χ0n) is 10.5. The number of anilines is 1. The first-order valence-electron chi connectivity index (χ1n) is 5.61. The van der Waals surface area contributed by atoms with Crippen molar-refractivity contribution in [3.05, 3.63) is 16.7 Å². The van der Waals surface area contributed by atoms with E-state index in [4.69, 9.17) is 10.8 Å². The van der Waals surface area contributed by atoms with Crippen molar-refractivity contribution in [3.8, 4) is 0 Å². The molecule has 0 radical (unpaired) electrons. The van der Waals surface area contributed by atoms with Crippen LogP contribution in [-0.2, 0) is 11.3 Å². The molecule has 2 heterocycles. The average Bonchev–Trinajstić information content (AvgIpc) is 2.81. The highest BCUT2D eigenvalue weighted by molar-refractivity contribution is 5.70. The summed E-state index contributed by atoms with van der Waals surface area (Å²) >= 11 is 0. The summed E-state index contributed by atoms with van der Waals surface area (Å²) < 4.78 is 33.1. The molecule has 0 aliphatic rings. The third-order valence-electron chi connectivity index (χ3n) is 2.87. The maximum atomic E-state index is 13.9. The molecule has 0 saturated carbocycles. The molecule has 20 heavy (non-hydrogen) atoms. The lowest BCUT2D eigenvalue weighted by Gasteiger charge is -2.25. The third kappa shape index (κ3) is 2.34. The van der Waals surface area contributed by atoms with E-state index in [1.807, 2.05) is 0 Å². The van der Waals surface area contributed by atoms with E-state index in [9.17, 15) is 13.6 Å². The highest BCUT2D eigenvalue weighted by atomic mass is 19.2. The van der Waals surface area contributed by atoms with Gasteiger partial charge in [0.2, 0.25) is 5.95 Å². The number of halogens is 2. The van der Waals surface area contributed by atoms with Gasteiger partial charge in [0.25, 0.3) is 11.4 Å². The summed E-state index contributed by atoms with van der Waals surface area (Å²) in [5.74, 6) is -3.01. The van der Waals surface area contributed by atoms with Gasteiger partial charge in [-0.1, -0.05) is 0 Å². The zero-order chi connectivity index (χ0) is 14.9. The molecule has 0 bridgehead atoms. The Hall–Kier alpha value is -2.07. The van der Waals surface area contributed by atoms with Gasteiger partial charge in [-0.05, 0) is 0 Å². The van der Waals surface area contributed by atoms with Crippen molar-refractivity contribution in [1.82, 2.24) is 19.5 Å².